The first-order chi connectivity index (χ1) is 13.3. The minimum Gasteiger partial charge on any atom is -0.365 e. The van der Waals surface area contributed by atoms with Crippen LogP contribution in [0, 0.1) is 0 Å². The molecule has 3 N–H and O–H groups in total. The molecule has 1 aliphatic rings. The number of carbonyl (C=O) groups excluding carboxylic acids is 2. The van der Waals surface area contributed by atoms with Gasteiger partial charge in [-0.05, 0) is 42.8 Å². The van der Waals surface area contributed by atoms with E-state index in [-0.39, 0.29) is 10.6 Å². The molecule has 0 fully saturated rings. The summed E-state index contributed by atoms with van der Waals surface area (Å²) < 4.78 is 23.8. The molecule has 2 aromatic rings. The Labute approximate surface area is 168 Å². The summed E-state index contributed by atoms with van der Waals surface area (Å²) >= 11 is 1.37. The van der Waals surface area contributed by atoms with Gasteiger partial charge in [0.15, 0.2) is 9.84 Å². The third kappa shape index (κ3) is 3.96. The van der Waals surface area contributed by atoms with Crippen LogP contribution < -0.4 is 11.1 Å². The van der Waals surface area contributed by atoms with Gasteiger partial charge in [-0.1, -0.05) is 13.8 Å². The van der Waals surface area contributed by atoms with Crippen molar-refractivity contribution in [3.63, 3.8) is 0 Å². The van der Waals surface area contributed by atoms with E-state index in [1.54, 1.807) is 6.92 Å². The number of benzene rings is 1. The lowest BCUT2D eigenvalue weighted by atomic mass is 10.0. The van der Waals surface area contributed by atoms with Gasteiger partial charge in [-0.15, -0.1) is 11.3 Å². The third-order valence-electron chi connectivity index (χ3n) is 4.91. The lowest BCUT2D eigenvalue weighted by Crippen LogP contribution is -2.30. The Morgan fingerprint density at radius 1 is 1.21 bits per heavy atom. The van der Waals surface area contributed by atoms with Gasteiger partial charge < -0.3 is 11.1 Å². The second kappa shape index (κ2) is 8.02. The number of nitrogens with zero attached hydrogens (tertiary/aromatic N) is 1. The highest BCUT2D eigenvalue weighted by molar-refractivity contribution is 7.91. The Balaban J connectivity index is 1.86. The minimum atomic E-state index is -3.32. The van der Waals surface area contributed by atoms with Gasteiger partial charge >= 0.3 is 0 Å². The van der Waals surface area contributed by atoms with Crippen molar-refractivity contribution in [2.45, 2.75) is 31.7 Å². The van der Waals surface area contributed by atoms with Gasteiger partial charge in [0.2, 0.25) is 0 Å². The Kier molecular flexibility index (Phi) is 5.87. The molecule has 1 aliphatic heterocycles. The summed E-state index contributed by atoms with van der Waals surface area (Å²) in [6.45, 7) is 6.15. The molecule has 28 heavy (non-hydrogen) atoms. The minimum absolute atomic E-state index is 0.00393. The maximum absolute atomic E-state index is 12.6. The number of amides is 2. The van der Waals surface area contributed by atoms with Gasteiger partial charge in [-0.25, -0.2) is 8.42 Å². The molecule has 0 aliphatic carbocycles. The Morgan fingerprint density at radius 2 is 1.89 bits per heavy atom. The van der Waals surface area contributed by atoms with Crippen molar-refractivity contribution < 1.29 is 18.0 Å². The summed E-state index contributed by atoms with van der Waals surface area (Å²) in [5.41, 5.74) is 7.20. The zero-order chi connectivity index (χ0) is 20.5. The molecule has 0 saturated heterocycles. The van der Waals surface area contributed by atoms with E-state index in [4.69, 9.17) is 5.73 Å². The highest BCUT2D eigenvalue weighted by Crippen LogP contribution is 2.37. The molecule has 7 nitrogen and oxygen atoms in total. The van der Waals surface area contributed by atoms with Crippen LogP contribution in [-0.2, 0) is 22.8 Å². The number of likely N-dealkylation sites (N-methyl/N-ethyl adjacent to an activating group) is 1. The van der Waals surface area contributed by atoms with Crippen molar-refractivity contribution in [3.8, 4) is 0 Å². The second-order valence-electron chi connectivity index (χ2n) is 6.57. The average molecular weight is 422 g/mol. The summed E-state index contributed by atoms with van der Waals surface area (Å²) in [5.74, 6) is -0.966. The number of fused-ring (bicyclic) bond motifs is 1. The molecular weight excluding hydrogens is 398 g/mol. The smallest absolute Gasteiger partial charge is 0.256 e. The standard InChI is InChI=1S/C19H23N3O4S2/c1-3-22-10-9-14-15(11-22)27-19(16(14)17(20)23)21-18(24)12-5-7-13(8-6-12)28(25,26)4-2/h5-8H,3-4,9-11H2,1-2H3,(H2,20,23)(H,21,24). The van der Waals surface area contributed by atoms with E-state index < -0.39 is 21.7 Å². The number of sulfone groups is 1. The molecule has 2 amide bonds. The zero-order valence-electron chi connectivity index (χ0n) is 15.8. The van der Waals surface area contributed by atoms with Gasteiger partial charge in [-0.2, -0.15) is 0 Å². The monoisotopic (exact) mass is 421 g/mol. The first kappa shape index (κ1) is 20.5. The number of hydrogen-bond donors (Lipinski definition) is 2. The van der Waals surface area contributed by atoms with Crippen LogP contribution in [0.15, 0.2) is 29.2 Å². The highest BCUT2D eigenvalue weighted by Gasteiger charge is 2.27. The number of thiophene rings is 1. The third-order valence-corrected chi connectivity index (χ3v) is 7.79. The summed E-state index contributed by atoms with van der Waals surface area (Å²) in [4.78, 5) is 28.1. The van der Waals surface area contributed by atoms with Gasteiger partial charge in [0, 0.05) is 23.5 Å². The summed E-state index contributed by atoms with van der Waals surface area (Å²) in [7, 11) is -3.32. The van der Waals surface area contributed by atoms with E-state index in [9.17, 15) is 18.0 Å². The molecular formula is C19H23N3O4S2. The molecule has 0 atom stereocenters. The molecule has 150 valence electrons. The largest absolute Gasteiger partial charge is 0.365 e. The predicted octanol–water partition coefficient (Wildman–Crippen LogP) is 2.27. The van der Waals surface area contributed by atoms with Gasteiger partial charge in [0.05, 0.1) is 16.2 Å². The fourth-order valence-corrected chi connectivity index (χ4v) is 5.41. The van der Waals surface area contributed by atoms with Crippen molar-refractivity contribution in [1.29, 1.82) is 0 Å². The molecule has 0 saturated carbocycles. The first-order valence-electron chi connectivity index (χ1n) is 9.07. The van der Waals surface area contributed by atoms with Crippen LogP contribution in [0.2, 0.25) is 0 Å². The van der Waals surface area contributed by atoms with E-state index in [0.29, 0.717) is 16.1 Å². The SMILES string of the molecule is CCN1CCc2c(sc(NC(=O)c3ccc(S(=O)(=O)CC)cc3)c2C(N)=O)C1. The van der Waals surface area contributed by atoms with Crippen molar-refractivity contribution in [2.24, 2.45) is 5.73 Å². The van der Waals surface area contributed by atoms with Crippen molar-refractivity contribution in [3.05, 3.63) is 45.8 Å². The lowest BCUT2D eigenvalue weighted by Gasteiger charge is -2.25. The van der Waals surface area contributed by atoms with Crippen LogP contribution in [0.5, 0.6) is 0 Å². The number of primary amides is 1. The van der Waals surface area contributed by atoms with Crippen LogP contribution in [0.25, 0.3) is 0 Å². The number of hydrogen-bond acceptors (Lipinski definition) is 6. The molecule has 3 rings (SSSR count). The van der Waals surface area contributed by atoms with Gasteiger partial charge in [0.1, 0.15) is 5.00 Å². The van der Waals surface area contributed by atoms with Crippen LogP contribution >= 0.6 is 11.3 Å². The van der Waals surface area contributed by atoms with E-state index in [0.717, 1.165) is 36.5 Å². The number of rotatable bonds is 6. The average Bonchev–Trinajstić information content (AvgIpc) is 3.04. The Morgan fingerprint density at radius 3 is 2.46 bits per heavy atom. The highest BCUT2D eigenvalue weighted by atomic mass is 32.2. The molecule has 2 heterocycles. The molecule has 9 heteroatoms. The van der Waals surface area contributed by atoms with Gasteiger partial charge in [-0.3, -0.25) is 14.5 Å². The predicted molar refractivity (Wildman–Crippen MR) is 110 cm³/mol. The molecule has 0 spiro atoms. The molecule has 1 aromatic carbocycles. The fourth-order valence-electron chi connectivity index (χ4n) is 3.23. The van der Waals surface area contributed by atoms with Crippen molar-refractivity contribution in [1.82, 2.24) is 4.90 Å². The normalized spacial score (nSPS) is 14.5. The van der Waals surface area contributed by atoms with Crippen molar-refractivity contribution in [2.75, 3.05) is 24.2 Å². The van der Waals surface area contributed by atoms with E-state index >= 15 is 0 Å². The lowest BCUT2D eigenvalue weighted by molar-refractivity contribution is 0.1000. The van der Waals surface area contributed by atoms with Gasteiger partial charge in [0.25, 0.3) is 11.8 Å². The van der Waals surface area contributed by atoms with Crippen LogP contribution in [0.4, 0.5) is 5.00 Å². The van der Waals surface area contributed by atoms with E-state index in [1.807, 2.05) is 0 Å². The molecule has 0 unspecified atom stereocenters. The topological polar surface area (TPSA) is 110 Å². The number of nitrogens with one attached hydrogen (secondary N) is 1. The van der Waals surface area contributed by atoms with Crippen LogP contribution in [0.1, 0.15) is 45.0 Å². The second-order valence-corrected chi connectivity index (χ2v) is 9.96. The summed E-state index contributed by atoms with van der Waals surface area (Å²) in [5, 5.41) is 3.23. The van der Waals surface area contributed by atoms with E-state index in [2.05, 4.69) is 17.1 Å². The molecule has 0 bridgehead atoms. The molecule has 0 radical (unpaired) electrons. The first-order valence-corrected chi connectivity index (χ1v) is 11.5. The Hall–Kier alpha value is -2.23. The van der Waals surface area contributed by atoms with Crippen molar-refractivity contribution >= 4 is 38.0 Å². The fraction of sp³-hybridized carbons (Fsp3) is 0.368. The summed E-state index contributed by atoms with van der Waals surface area (Å²) in [6, 6.07) is 5.77. The maximum Gasteiger partial charge on any atom is 0.256 e. The van der Waals surface area contributed by atoms with Crippen LogP contribution in [0.3, 0.4) is 0 Å². The maximum atomic E-state index is 12.6. The van der Waals surface area contributed by atoms with E-state index in [1.165, 1.54) is 35.6 Å². The summed E-state index contributed by atoms with van der Waals surface area (Å²) in [6.07, 6.45) is 0.720. The Bertz CT molecular complexity index is 1010. The van der Waals surface area contributed by atoms with Crippen LogP contribution in [-0.4, -0.2) is 44.0 Å². The zero-order valence-corrected chi connectivity index (χ0v) is 17.5. The molecule has 1 aromatic heterocycles. The quantitative estimate of drug-likeness (QED) is 0.744. The number of anilines is 1. The number of nitrogens with two attached hydrogens (primary N) is 1. The number of carbonyl (C=O) groups is 2.